The molecule has 17 heavy (non-hydrogen) atoms. The highest BCUT2D eigenvalue weighted by atomic mass is 16.5. The van der Waals surface area contributed by atoms with E-state index in [1.165, 1.54) is 12.8 Å². The maximum atomic E-state index is 4.90. The second-order valence-electron chi connectivity index (χ2n) is 3.79. The molecular weight excluding hydrogens is 216 g/mol. The molecule has 0 N–H and O–H groups in total. The van der Waals surface area contributed by atoms with E-state index in [1.807, 2.05) is 0 Å². The summed E-state index contributed by atoms with van der Waals surface area (Å²) in [6.07, 6.45) is 5.09. The Morgan fingerprint density at radius 2 is 1.35 bits per heavy atom. The van der Waals surface area contributed by atoms with E-state index < -0.39 is 0 Å². The fourth-order valence-electron chi connectivity index (χ4n) is 0.659. The third kappa shape index (κ3) is 38.8. The second kappa shape index (κ2) is 24.9. The van der Waals surface area contributed by atoms with Crippen molar-refractivity contribution in [2.24, 2.45) is 0 Å². The molecule has 1 atom stereocenters. The van der Waals surface area contributed by atoms with Crippen LogP contribution < -0.4 is 0 Å². The first kappa shape index (κ1) is 22.1. The Morgan fingerprint density at radius 1 is 0.824 bits per heavy atom. The zero-order valence-electron chi connectivity index (χ0n) is 13.0. The van der Waals surface area contributed by atoms with Gasteiger partial charge < -0.3 is 14.2 Å². The Morgan fingerprint density at radius 3 is 1.41 bits per heavy atom. The van der Waals surface area contributed by atoms with Crippen molar-refractivity contribution >= 4 is 0 Å². The molecule has 0 fully saturated rings. The van der Waals surface area contributed by atoms with Crippen LogP contribution in [0.15, 0.2) is 0 Å². The highest BCUT2D eigenvalue weighted by Gasteiger charge is 1.88. The number of ether oxygens (including phenoxy) is 3. The molecule has 0 saturated carbocycles. The summed E-state index contributed by atoms with van der Waals surface area (Å²) in [4.78, 5) is 0. The molecule has 0 aliphatic heterocycles. The van der Waals surface area contributed by atoms with E-state index in [0.717, 1.165) is 26.1 Å². The lowest BCUT2D eigenvalue weighted by Gasteiger charge is -2.01. The fourth-order valence-corrected chi connectivity index (χ4v) is 0.659. The van der Waals surface area contributed by atoms with E-state index >= 15 is 0 Å². The third-order valence-electron chi connectivity index (χ3n) is 2.09. The zero-order chi connectivity index (χ0) is 13.9. The van der Waals surface area contributed by atoms with Crippen LogP contribution in [0.5, 0.6) is 0 Å². The lowest BCUT2D eigenvalue weighted by molar-refractivity contribution is 0.115. The zero-order valence-corrected chi connectivity index (χ0v) is 13.0. The van der Waals surface area contributed by atoms with Gasteiger partial charge in [-0.1, -0.05) is 27.2 Å². The van der Waals surface area contributed by atoms with Crippen molar-refractivity contribution in [1.29, 1.82) is 0 Å². The lowest BCUT2D eigenvalue weighted by Crippen LogP contribution is -2.00. The van der Waals surface area contributed by atoms with Gasteiger partial charge in [0.25, 0.3) is 0 Å². The molecule has 1 unspecified atom stereocenters. The molecule has 0 rings (SSSR count). The van der Waals surface area contributed by atoms with Crippen molar-refractivity contribution in [2.45, 2.75) is 59.5 Å². The van der Waals surface area contributed by atoms with Gasteiger partial charge in [-0.3, -0.25) is 0 Å². The van der Waals surface area contributed by atoms with Crippen molar-refractivity contribution in [3.05, 3.63) is 0 Å². The van der Waals surface area contributed by atoms with Gasteiger partial charge in [0.2, 0.25) is 0 Å². The summed E-state index contributed by atoms with van der Waals surface area (Å²) >= 11 is 0. The molecule has 0 aromatic carbocycles. The number of hydrogen-bond acceptors (Lipinski definition) is 3. The van der Waals surface area contributed by atoms with Gasteiger partial charge in [-0.25, -0.2) is 0 Å². The normalized spacial score (nSPS) is 10.8. The Balaban J connectivity index is -0.000000174. The molecule has 0 amide bonds. The maximum absolute atomic E-state index is 4.90. The average molecular weight is 250 g/mol. The first-order valence-electron chi connectivity index (χ1n) is 6.64. The quantitative estimate of drug-likeness (QED) is 0.641. The Hall–Kier alpha value is -0.120. The molecule has 108 valence electrons. The Labute approximate surface area is 109 Å². The SMILES string of the molecule is CCC(C)OC.CCCCOC.CCCOC. The van der Waals surface area contributed by atoms with Crippen LogP contribution in [0.25, 0.3) is 0 Å². The molecule has 0 bridgehead atoms. The van der Waals surface area contributed by atoms with Crippen LogP contribution >= 0.6 is 0 Å². The van der Waals surface area contributed by atoms with Crippen molar-refractivity contribution < 1.29 is 14.2 Å². The van der Waals surface area contributed by atoms with Gasteiger partial charge in [0.05, 0.1) is 6.10 Å². The molecule has 0 radical (unpaired) electrons. The highest BCUT2D eigenvalue weighted by molar-refractivity contribution is 4.38. The summed E-state index contributed by atoms with van der Waals surface area (Å²) in [6.45, 7) is 10.2. The van der Waals surface area contributed by atoms with Crippen molar-refractivity contribution in [3.8, 4) is 0 Å². The standard InChI is InChI=1S/2C5H12O.C4H10O/c1-4-5(2)6-3;1-3-4-5-6-2;1-3-4-5-2/h5H,4H2,1-3H3;3-5H2,1-2H3;3-4H2,1-2H3. The van der Waals surface area contributed by atoms with E-state index in [1.54, 1.807) is 21.3 Å². The number of rotatable bonds is 7. The molecule has 0 aliphatic rings. The van der Waals surface area contributed by atoms with Crippen molar-refractivity contribution in [2.75, 3.05) is 34.5 Å². The van der Waals surface area contributed by atoms with E-state index in [9.17, 15) is 0 Å². The monoisotopic (exact) mass is 250 g/mol. The minimum atomic E-state index is 0.435. The van der Waals surface area contributed by atoms with Gasteiger partial charge in [0.1, 0.15) is 0 Å². The molecule has 0 aromatic heterocycles. The van der Waals surface area contributed by atoms with Gasteiger partial charge in [-0.2, -0.15) is 0 Å². The van der Waals surface area contributed by atoms with Crippen LogP contribution in [0.3, 0.4) is 0 Å². The summed E-state index contributed by atoms with van der Waals surface area (Å²) < 4.78 is 14.4. The summed E-state index contributed by atoms with van der Waals surface area (Å²) in [7, 11) is 5.17. The van der Waals surface area contributed by atoms with E-state index in [0.29, 0.717) is 6.10 Å². The minimum absolute atomic E-state index is 0.435. The van der Waals surface area contributed by atoms with E-state index in [-0.39, 0.29) is 0 Å². The van der Waals surface area contributed by atoms with E-state index in [4.69, 9.17) is 14.2 Å². The van der Waals surface area contributed by atoms with Crippen molar-refractivity contribution in [1.82, 2.24) is 0 Å². The third-order valence-corrected chi connectivity index (χ3v) is 2.09. The van der Waals surface area contributed by atoms with E-state index in [2.05, 4.69) is 27.7 Å². The topological polar surface area (TPSA) is 27.7 Å². The number of unbranched alkanes of at least 4 members (excludes halogenated alkanes) is 1. The predicted octanol–water partition coefficient (Wildman–Crippen LogP) is 3.91. The van der Waals surface area contributed by atoms with Crippen LogP contribution in [0.4, 0.5) is 0 Å². The average Bonchev–Trinajstić information content (AvgIpc) is 2.37. The van der Waals surface area contributed by atoms with Crippen LogP contribution in [-0.4, -0.2) is 40.6 Å². The maximum Gasteiger partial charge on any atom is 0.0540 e. The molecular formula is C14H34O3. The molecule has 3 nitrogen and oxygen atoms in total. The predicted molar refractivity (Wildman–Crippen MR) is 75.7 cm³/mol. The van der Waals surface area contributed by atoms with Crippen LogP contribution in [0.1, 0.15) is 53.4 Å². The molecule has 0 saturated heterocycles. The minimum Gasteiger partial charge on any atom is -0.385 e. The first-order chi connectivity index (χ1) is 8.14. The smallest absolute Gasteiger partial charge is 0.0540 e. The molecule has 0 spiro atoms. The van der Waals surface area contributed by atoms with Crippen molar-refractivity contribution in [3.63, 3.8) is 0 Å². The molecule has 0 heterocycles. The lowest BCUT2D eigenvalue weighted by atomic mass is 10.3. The Bertz CT molecular complexity index is 87.5. The van der Waals surface area contributed by atoms with Crippen LogP contribution in [0.2, 0.25) is 0 Å². The van der Waals surface area contributed by atoms with Crippen LogP contribution in [0, 0.1) is 0 Å². The van der Waals surface area contributed by atoms with Crippen LogP contribution in [-0.2, 0) is 14.2 Å². The summed E-state index contributed by atoms with van der Waals surface area (Å²) in [5.41, 5.74) is 0. The number of hydrogen-bond donors (Lipinski definition) is 0. The summed E-state index contributed by atoms with van der Waals surface area (Å²) in [6, 6.07) is 0. The largest absolute Gasteiger partial charge is 0.385 e. The number of methoxy groups -OCH3 is 3. The van der Waals surface area contributed by atoms with Gasteiger partial charge in [0, 0.05) is 34.5 Å². The fraction of sp³-hybridized carbons (Fsp3) is 1.00. The summed E-state index contributed by atoms with van der Waals surface area (Å²) in [5, 5.41) is 0. The van der Waals surface area contributed by atoms with Gasteiger partial charge in [0.15, 0.2) is 0 Å². The van der Waals surface area contributed by atoms with Gasteiger partial charge >= 0.3 is 0 Å². The highest BCUT2D eigenvalue weighted by Crippen LogP contribution is 1.89. The van der Waals surface area contributed by atoms with Gasteiger partial charge in [-0.15, -0.1) is 0 Å². The summed E-state index contributed by atoms with van der Waals surface area (Å²) in [5.74, 6) is 0. The molecule has 0 aromatic rings. The second-order valence-corrected chi connectivity index (χ2v) is 3.79. The molecule has 0 aliphatic carbocycles. The Kier molecular flexibility index (Phi) is 32.4. The van der Waals surface area contributed by atoms with Gasteiger partial charge in [-0.05, 0) is 26.2 Å². The first-order valence-corrected chi connectivity index (χ1v) is 6.64. The molecule has 3 heteroatoms.